The van der Waals surface area contributed by atoms with Crippen molar-refractivity contribution in [3.63, 3.8) is 0 Å². The second-order valence-electron chi connectivity index (χ2n) is 7.56. The van der Waals surface area contributed by atoms with Gasteiger partial charge in [-0.2, -0.15) is 0 Å². The van der Waals surface area contributed by atoms with Crippen molar-refractivity contribution >= 4 is 45.6 Å². The van der Waals surface area contributed by atoms with Gasteiger partial charge in [0.05, 0.1) is 11.0 Å². The lowest BCUT2D eigenvalue weighted by Crippen LogP contribution is -2.40. The maximum atomic E-state index is 12.5. The number of benzene rings is 2. The number of halogens is 1. The van der Waals surface area contributed by atoms with Crippen LogP contribution in [0.5, 0.6) is 0 Å². The smallest absolute Gasteiger partial charge is 0.240 e. The first-order valence-corrected chi connectivity index (χ1v) is 11.8. The number of para-hydroxylation sites is 1. The van der Waals surface area contributed by atoms with Crippen LogP contribution in [-0.4, -0.2) is 47.2 Å². The Morgan fingerprint density at radius 1 is 1.19 bits per heavy atom. The van der Waals surface area contributed by atoms with Gasteiger partial charge in [-0.15, -0.1) is 24.0 Å². The number of nitrogens with one attached hydrogen (secondary N) is 2. The first-order chi connectivity index (χ1) is 14.6. The molecule has 1 saturated heterocycles. The van der Waals surface area contributed by atoms with E-state index in [-0.39, 0.29) is 35.0 Å². The van der Waals surface area contributed by atoms with Crippen LogP contribution in [0.4, 0.5) is 5.69 Å². The van der Waals surface area contributed by atoms with Crippen LogP contribution in [-0.2, 0) is 27.7 Å². The lowest BCUT2D eigenvalue weighted by atomic mass is 10.2. The third kappa shape index (κ3) is 5.76. The van der Waals surface area contributed by atoms with Crippen LogP contribution in [0.3, 0.4) is 0 Å². The summed E-state index contributed by atoms with van der Waals surface area (Å²) < 4.78 is 33.1. The molecule has 0 bridgehead atoms. The van der Waals surface area contributed by atoms with E-state index in [0.717, 1.165) is 37.3 Å². The number of fused-ring (bicyclic) bond motifs is 1. The lowest BCUT2D eigenvalue weighted by Gasteiger charge is -2.22. The van der Waals surface area contributed by atoms with Gasteiger partial charge in [-0.1, -0.05) is 30.3 Å². The molecule has 1 unspecified atom stereocenters. The Morgan fingerprint density at radius 2 is 1.97 bits per heavy atom. The third-order valence-electron chi connectivity index (χ3n) is 5.56. The predicted molar refractivity (Wildman–Crippen MR) is 134 cm³/mol. The number of anilines is 1. The van der Waals surface area contributed by atoms with Crippen molar-refractivity contribution in [1.82, 2.24) is 10.0 Å². The van der Waals surface area contributed by atoms with Crippen LogP contribution in [0.1, 0.15) is 24.0 Å². The molecule has 2 aliphatic heterocycles. The number of guanidine groups is 1. The van der Waals surface area contributed by atoms with Crippen molar-refractivity contribution in [3.8, 4) is 0 Å². The highest BCUT2D eigenvalue weighted by Crippen LogP contribution is 2.27. The van der Waals surface area contributed by atoms with Gasteiger partial charge in [-0.3, -0.25) is 4.99 Å². The van der Waals surface area contributed by atoms with E-state index in [9.17, 15) is 8.42 Å². The lowest BCUT2D eigenvalue weighted by molar-refractivity contribution is 0.114. The summed E-state index contributed by atoms with van der Waals surface area (Å²) in [6.45, 7) is 2.49. The van der Waals surface area contributed by atoms with E-state index < -0.39 is 10.0 Å². The van der Waals surface area contributed by atoms with Gasteiger partial charge in [0, 0.05) is 39.0 Å². The Bertz CT molecular complexity index is 1010. The SMILES string of the molecule is CN=C(NCc1ccc(S(=O)(=O)NCC2CCCO2)cc1)N1CCc2ccccc21.I. The van der Waals surface area contributed by atoms with E-state index in [1.54, 1.807) is 19.2 Å². The molecule has 2 heterocycles. The molecule has 2 N–H and O–H groups in total. The van der Waals surface area contributed by atoms with Crippen molar-refractivity contribution in [3.05, 3.63) is 59.7 Å². The van der Waals surface area contributed by atoms with E-state index in [1.807, 2.05) is 18.2 Å². The quantitative estimate of drug-likeness (QED) is 0.325. The number of hydrogen-bond acceptors (Lipinski definition) is 4. The molecule has 4 rings (SSSR count). The number of nitrogens with zero attached hydrogens (tertiary/aromatic N) is 2. The Hall–Kier alpha value is -1.69. The summed E-state index contributed by atoms with van der Waals surface area (Å²) in [5, 5.41) is 3.38. The van der Waals surface area contributed by atoms with Crippen LogP contribution in [0.2, 0.25) is 0 Å². The molecule has 2 aromatic carbocycles. The van der Waals surface area contributed by atoms with Crippen LogP contribution >= 0.6 is 24.0 Å². The maximum Gasteiger partial charge on any atom is 0.240 e. The Morgan fingerprint density at radius 3 is 2.68 bits per heavy atom. The molecule has 9 heteroatoms. The summed E-state index contributed by atoms with van der Waals surface area (Å²) in [5.41, 5.74) is 3.50. The van der Waals surface area contributed by atoms with Gasteiger partial charge in [-0.25, -0.2) is 13.1 Å². The average molecular weight is 556 g/mol. The van der Waals surface area contributed by atoms with E-state index in [1.165, 1.54) is 11.3 Å². The van der Waals surface area contributed by atoms with Gasteiger partial charge in [0.25, 0.3) is 0 Å². The van der Waals surface area contributed by atoms with E-state index >= 15 is 0 Å². The third-order valence-corrected chi connectivity index (χ3v) is 7.00. The van der Waals surface area contributed by atoms with Crippen molar-refractivity contribution in [2.24, 2.45) is 4.99 Å². The Kier molecular flexibility index (Phi) is 8.31. The van der Waals surface area contributed by atoms with Crippen molar-refractivity contribution < 1.29 is 13.2 Å². The minimum Gasteiger partial charge on any atom is -0.377 e. The summed E-state index contributed by atoms with van der Waals surface area (Å²) in [5.74, 6) is 0.815. The molecule has 0 amide bonds. The predicted octanol–water partition coefficient (Wildman–Crippen LogP) is 2.90. The fourth-order valence-corrected chi connectivity index (χ4v) is 4.98. The van der Waals surface area contributed by atoms with Crippen LogP contribution in [0.15, 0.2) is 58.4 Å². The first-order valence-electron chi connectivity index (χ1n) is 10.3. The molecule has 168 valence electrons. The fraction of sp³-hybridized carbons (Fsp3) is 0.409. The van der Waals surface area contributed by atoms with E-state index in [0.29, 0.717) is 19.7 Å². The monoisotopic (exact) mass is 556 g/mol. The number of rotatable bonds is 6. The highest BCUT2D eigenvalue weighted by atomic mass is 127. The number of ether oxygens (including phenoxy) is 1. The summed E-state index contributed by atoms with van der Waals surface area (Å²) in [6, 6.07) is 15.3. The molecule has 1 fully saturated rings. The van der Waals surface area contributed by atoms with Gasteiger partial charge < -0.3 is 15.0 Å². The summed E-state index contributed by atoms with van der Waals surface area (Å²) in [7, 11) is -1.75. The minimum atomic E-state index is -3.53. The first kappa shape index (κ1) is 24.0. The highest BCUT2D eigenvalue weighted by Gasteiger charge is 2.23. The number of hydrogen-bond donors (Lipinski definition) is 2. The van der Waals surface area contributed by atoms with Gasteiger partial charge in [0.15, 0.2) is 5.96 Å². The van der Waals surface area contributed by atoms with Gasteiger partial charge in [0.1, 0.15) is 0 Å². The molecule has 0 radical (unpaired) electrons. The van der Waals surface area contributed by atoms with Gasteiger partial charge in [0.2, 0.25) is 10.0 Å². The van der Waals surface area contributed by atoms with E-state index in [2.05, 4.69) is 38.1 Å². The molecule has 31 heavy (non-hydrogen) atoms. The second kappa shape index (κ2) is 10.8. The largest absolute Gasteiger partial charge is 0.377 e. The topological polar surface area (TPSA) is 83.0 Å². The van der Waals surface area contributed by atoms with Crippen molar-refractivity contribution in [1.29, 1.82) is 0 Å². The Labute approximate surface area is 201 Å². The highest BCUT2D eigenvalue weighted by molar-refractivity contribution is 14.0. The minimum absolute atomic E-state index is 0. The standard InChI is InChI=1S/C22H28N4O3S.HI/c1-23-22(26-13-12-18-5-2-3-7-21(18)26)24-15-17-8-10-20(11-9-17)30(27,28)25-16-19-6-4-14-29-19;/h2-3,5,7-11,19,25H,4,6,12-16H2,1H3,(H,23,24);1H. The van der Waals surface area contributed by atoms with Crippen LogP contribution < -0.4 is 14.9 Å². The zero-order valence-electron chi connectivity index (χ0n) is 17.6. The van der Waals surface area contributed by atoms with Crippen molar-refractivity contribution in [2.75, 3.05) is 31.6 Å². The number of sulfonamides is 1. The summed E-state index contributed by atoms with van der Waals surface area (Å²) in [4.78, 5) is 6.87. The Balaban J connectivity index is 0.00000272. The number of aliphatic imine (C=N–C) groups is 1. The fourth-order valence-electron chi connectivity index (χ4n) is 3.91. The average Bonchev–Trinajstić information content (AvgIpc) is 3.44. The van der Waals surface area contributed by atoms with E-state index in [4.69, 9.17) is 4.74 Å². The zero-order chi connectivity index (χ0) is 21.0. The van der Waals surface area contributed by atoms with Gasteiger partial charge >= 0.3 is 0 Å². The molecule has 0 aromatic heterocycles. The molecule has 1 atom stereocenters. The van der Waals surface area contributed by atoms with Crippen LogP contribution in [0, 0.1) is 0 Å². The second-order valence-corrected chi connectivity index (χ2v) is 9.33. The molecule has 7 nitrogen and oxygen atoms in total. The molecule has 2 aliphatic rings. The maximum absolute atomic E-state index is 12.5. The summed E-state index contributed by atoms with van der Waals surface area (Å²) in [6.07, 6.45) is 2.86. The molecular formula is C22H29IN4O3S. The van der Waals surface area contributed by atoms with Crippen LogP contribution in [0.25, 0.3) is 0 Å². The van der Waals surface area contributed by atoms with Gasteiger partial charge in [-0.05, 0) is 48.6 Å². The zero-order valence-corrected chi connectivity index (χ0v) is 20.7. The molecule has 0 aliphatic carbocycles. The molecule has 0 saturated carbocycles. The molecule has 2 aromatic rings. The van der Waals surface area contributed by atoms with Crippen molar-refractivity contribution in [2.45, 2.75) is 36.8 Å². The normalized spacial score (nSPS) is 18.5. The summed E-state index contributed by atoms with van der Waals surface area (Å²) >= 11 is 0. The molecular weight excluding hydrogens is 527 g/mol. The molecule has 0 spiro atoms.